The summed E-state index contributed by atoms with van der Waals surface area (Å²) in [7, 11) is 1.33. The Balaban J connectivity index is 1.57. The van der Waals surface area contributed by atoms with Gasteiger partial charge >= 0.3 is 12.1 Å². The number of esters is 1. The first kappa shape index (κ1) is 22.0. The zero-order chi connectivity index (χ0) is 23.8. The van der Waals surface area contributed by atoms with E-state index in [1.807, 2.05) is 18.2 Å². The molecule has 1 atom stereocenters. The standard InChI is InChI=1S/C26H20ClFN2O4/c1-33-25(31)16-4-2-15(3-5-16)24-23-20(21-14-17(27)6-11-22(21)29-23)12-13-30(24)26(32)34-19-9-7-18(28)8-10-19/h2-11,14,24,29H,12-13H2,1H3. The molecule has 8 heteroatoms. The summed E-state index contributed by atoms with van der Waals surface area (Å²) in [5, 5.41) is 1.64. The average molecular weight is 479 g/mol. The second-order valence-corrected chi connectivity index (χ2v) is 8.42. The number of nitrogens with one attached hydrogen (secondary N) is 1. The fourth-order valence-electron chi connectivity index (χ4n) is 4.39. The summed E-state index contributed by atoms with van der Waals surface area (Å²) < 4.78 is 23.6. The Kier molecular flexibility index (Phi) is 5.71. The summed E-state index contributed by atoms with van der Waals surface area (Å²) in [4.78, 5) is 30.2. The Morgan fingerprint density at radius 2 is 1.79 bits per heavy atom. The second-order valence-electron chi connectivity index (χ2n) is 7.99. The molecule has 0 radical (unpaired) electrons. The molecule has 1 aromatic heterocycles. The molecule has 0 saturated heterocycles. The molecule has 6 nitrogen and oxygen atoms in total. The van der Waals surface area contributed by atoms with Gasteiger partial charge in [-0.3, -0.25) is 4.90 Å². The van der Waals surface area contributed by atoms with Crippen LogP contribution in [0.15, 0.2) is 66.7 Å². The van der Waals surface area contributed by atoms with Crippen LogP contribution in [0.25, 0.3) is 10.9 Å². The lowest BCUT2D eigenvalue weighted by atomic mass is 9.92. The number of benzene rings is 3. The van der Waals surface area contributed by atoms with E-state index in [-0.39, 0.29) is 5.75 Å². The smallest absolute Gasteiger partial charge is 0.416 e. The minimum absolute atomic E-state index is 0.250. The first-order valence-electron chi connectivity index (χ1n) is 10.7. The van der Waals surface area contributed by atoms with Crippen LogP contribution in [-0.2, 0) is 11.2 Å². The van der Waals surface area contributed by atoms with Gasteiger partial charge in [0.25, 0.3) is 0 Å². The topological polar surface area (TPSA) is 71.6 Å². The largest absolute Gasteiger partial charge is 0.465 e. The van der Waals surface area contributed by atoms with Crippen molar-refractivity contribution in [3.63, 3.8) is 0 Å². The molecule has 1 N–H and O–H groups in total. The average Bonchev–Trinajstić information content (AvgIpc) is 3.22. The van der Waals surface area contributed by atoms with Crippen LogP contribution in [0.3, 0.4) is 0 Å². The maximum absolute atomic E-state index is 13.3. The Bertz CT molecular complexity index is 1380. The van der Waals surface area contributed by atoms with E-state index in [9.17, 15) is 14.0 Å². The van der Waals surface area contributed by atoms with E-state index in [0.717, 1.165) is 27.7 Å². The number of amides is 1. The monoisotopic (exact) mass is 478 g/mol. The highest BCUT2D eigenvalue weighted by Gasteiger charge is 2.35. The van der Waals surface area contributed by atoms with Crippen molar-refractivity contribution in [3.05, 3.63) is 100.0 Å². The molecule has 0 saturated carbocycles. The first-order valence-corrected chi connectivity index (χ1v) is 11.0. The lowest BCUT2D eigenvalue weighted by Gasteiger charge is -2.35. The third-order valence-corrected chi connectivity index (χ3v) is 6.22. The molecule has 5 rings (SSSR count). The number of methoxy groups -OCH3 is 1. The minimum Gasteiger partial charge on any atom is -0.465 e. The van der Waals surface area contributed by atoms with Gasteiger partial charge in [-0.25, -0.2) is 14.0 Å². The Labute approximate surface area is 199 Å². The minimum atomic E-state index is -0.559. The van der Waals surface area contributed by atoms with Gasteiger partial charge in [-0.15, -0.1) is 0 Å². The van der Waals surface area contributed by atoms with Gasteiger partial charge in [0.2, 0.25) is 0 Å². The molecule has 34 heavy (non-hydrogen) atoms. The highest BCUT2D eigenvalue weighted by molar-refractivity contribution is 6.31. The normalized spacial score (nSPS) is 15.1. The van der Waals surface area contributed by atoms with E-state index < -0.39 is 23.9 Å². The van der Waals surface area contributed by atoms with Gasteiger partial charge in [0, 0.05) is 28.2 Å². The molecule has 1 aliphatic rings. The Morgan fingerprint density at radius 3 is 2.50 bits per heavy atom. The van der Waals surface area contributed by atoms with Crippen molar-refractivity contribution in [3.8, 4) is 5.75 Å². The fourth-order valence-corrected chi connectivity index (χ4v) is 4.56. The van der Waals surface area contributed by atoms with Gasteiger partial charge < -0.3 is 14.5 Å². The number of rotatable bonds is 3. The van der Waals surface area contributed by atoms with Crippen LogP contribution in [0, 0.1) is 5.82 Å². The second kappa shape index (κ2) is 8.83. The number of H-pyrrole nitrogens is 1. The quantitative estimate of drug-likeness (QED) is 0.372. The SMILES string of the molecule is COC(=O)c1ccc(C2c3[nH]c4ccc(Cl)cc4c3CCN2C(=O)Oc2ccc(F)cc2)cc1. The van der Waals surface area contributed by atoms with Crippen LogP contribution in [0.4, 0.5) is 9.18 Å². The van der Waals surface area contributed by atoms with Crippen molar-refractivity contribution in [2.45, 2.75) is 12.5 Å². The molecule has 0 spiro atoms. The van der Waals surface area contributed by atoms with Crippen LogP contribution in [-0.4, -0.2) is 35.6 Å². The summed E-state index contributed by atoms with van der Waals surface area (Å²) in [5.41, 5.74) is 4.04. The third-order valence-electron chi connectivity index (χ3n) is 5.99. The molecule has 172 valence electrons. The van der Waals surface area contributed by atoms with E-state index in [1.165, 1.54) is 31.4 Å². The Hall–Kier alpha value is -3.84. The summed E-state index contributed by atoms with van der Waals surface area (Å²) in [6.07, 6.45) is 0.0429. The number of aromatic amines is 1. The zero-order valence-corrected chi connectivity index (χ0v) is 18.9. The molecule has 2 heterocycles. The van der Waals surface area contributed by atoms with Gasteiger partial charge in [-0.05, 0) is 72.1 Å². The van der Waals surface area contributed by atoms with E-state index in [2.05, 4.69) is 4.98 Å². The number of fused-ring (bicyclic) bond motifs is 3. The third kappa shape index (κ3) is 3.99. The number of hydrogen-bond acceptors (Lipinski definition) is 4. The van der Waals surface area contributed by atoms with Crippen molar-refractivity contribution in [1.29, 1.82) is 0 Å². The van der Waals surface area contributed by atoms with Gasteiger partial charge in [0.1, 0.15) is 17.6 Å². The van der Waals surface area contributed by atoms with Gasteiger partial charge in [0.05, 0.1) is 12.7 Å². The summed E-state index contributed by atoms with van der Waals surface area (Å²) in [5.74, 6) is -0.605. The summed E-state index contributed by atoms with van der Waals surface area (Å²) in [6.45, 7) is 0.399. The fraction of sp³-hybridized carbons (Fsp3) is 0.154. The molecule has 1 unspecified atom stereocenters. The van der Waals surface area contributed by atoms with Gasteiger partial charge in [0.15, 0.2) is 0 Å². The first-order chi connectivity index (χ1) is 16.4. The van der Waals surface area contributed by atoms with Gasteiger partial charge in [-0.2, -0.15) is 0 Å². The predicted molar refractivity (Wildman–Crippen MR) is 126 cm³/mol. The Morgan fingerprint density at radius 1 is 1.06 bits per heavy atom. The van der Waals surface area contributed by atoms with E-state index in [0.29, 0.717) is 23.6 Å². The number of carbonyl (C=O) groups excluding carboxylic acids is 2. The van der Waals surface area contributed by atoms with Crippen LogP contribution >= 0.6 is 11.6 Å². The molecule has 1 aliphatic heterocycles. The highest BCUT2D eigenvalue weighted by atomic mass is 35.5. The van der Waals surface area contributed by atoms with Crippen LogP contribution in [0.2, 0.25) is 5.02 Å². The predicted octanol–water partition coefficient (Wildman–Crippen LogP) is 5.89. The molecule has 4 aromatic rings. The van der Waals surface area contributed by atoms with E-state index in [1.54, 1.807) is 29.2 Å². The molecule has 3 aromatic carbocycles. The van der Waals surface area contributed by atoms with Crippen molar-refractivity contribution in [1.82, 2.24) is 9.88 Å². The maximum atomic E-state index is 13.3. The number of hydrogen-bond donors (Lipinski definition) is 1. The number of aromatic nitrogens is 1. The van der Waals surface area contributed by atoms with Crippen molar-refractivity contribution in [2.75, 3.05) is 13.7 Å². The number of ether oxygens (including phenoxy) is 2. The van der Waals surface area contributed by atoms with Crippen LogP contribution in [0.1, 0.15) is 33.2 Å². The molecular formula is C26H20ClFN2O4. The van der Waals surface area contributed by atoms with E-state index in [4.69, 9.17) is 21.1 Å². The number of halogens is 2. The van der Waals surface area contributed by atoms with Crippen LogP contribution in [0.5, 0.6) is 5.75 Å². The van der Waals surface area contributed by atoms with Crippen molar-refractivity contribution >= 4 is 34.6 Å². The van der Waals surface area contributed by atoms with Crippen molar-refractivity contribution < 1.29 is 23.5 Å². The maximum Gasteiger partial charge on any atom is 0.416 e. The number of carbonyl (C=O) groups is 2. The highest BCUT2D eigenvalue weighted by Crippen LogP contribution is 2.39. The zero-order valence-electron chi connectivity index (χ0n) is 18.2. The lowest BCUT2D eigenvalue weighted by Crippen LogP contribution is -2.42. The molecular weight excluding hydrogens is 459 g/mol. The molecule has 1 amide bonds. The summed E-state index contributed by atoms with van der Waals surface area (Å²) >= 11 is 6.24. The number of nitrogens with zero attached hydrogens (tertiary/aromatic N) is 1. The summed E-state index contributed by atoms with van der Waals surface area (Å²) in [6, 6.07) is 17.4. The van der Waals surface area contributed by atoms with Crippen LogP contribution < -0.4 is 4.74 Å². The molecule has 0 fully saturated rings. The lowest BCUT2D eigenvalue weighted by molar-refractivity contribution is 0.0600. The van der Waals surface area contributed by atoms with E-state index >= 15 is 0 Å². The molecule has 0 bridgehead atoms. The van der Waals surface area contributed by atoms with Crippen molar-refractivity contribution in [2.24, 2.45) is 0 Å². The van der Waals surface area contributed by atoms with Gasteiger partial charge in [-0.1, -0.05) is 23.7 Å². The molecule has 0 aliphatic carbocycles.